The van der Waals surface area contributed by atoms with Crippen LogP contribution in [0.2, 0.25) is 15.1 Å². The van der Waals surface area contributed by atoms with Gasteiger partial charge in [-0.25, -0.2) is 4.98 Å². The zero-order valence-electron chi connectivity index (χ0n) is 18.6. The Labute approximate surface area is 217 Å². The molecular formula is C23H25Cl3N4O3S. The van der Waals surface area contributed by atoms with Gasteiger partial charge in [0.15, 0.2) is 0 Å². The van der Waals surface area contributed by atoms with Crippen molar-refractivity contribution in [3.8, 4) is 5.75 Å². The normalized spacial score (nSPS) is 16.0. The van der Waals surface area contributed by atoms with Crippen LogP contribution in [0.4, 0.5) is 5.69 Å². The quantitative estimate of drug-likeness (QED) is 0.406. The highest BCUT2D eigenvalue weighted by molar-refractivity contribution is 7.18. The number of benzene rings is 2. The van der Waals surface area contributed by atoms with Gasteiger partial charge in [0.25, 0.3) is 0 Å². The number of amides is 1. The number of anilines is 1. The Hall–Kier alpha value is -1.65. The first-order valence-corrected chi connectivity index (χ1v) is 12.8. The maximum absolute atomic E-state index is 12.4. The number of β-amino-alcohol motifs (C(OH)–C–C–N with tert-alkyl or cyclic N) is 1. The fourth-order valence-corrected chi connectivity index (χ4v) is 5.22. The first-order chi connectivity index (χ1) is 16.3. The number of fused-ring (bicyclic) bond motifs is 1. The third-order valence-corrected chi connectivity index (χ3v) is 7.63. The summed E-state index contributed by atoms with van der Waals surface area (Å²) in [6, 6.07) is 8.95. The summed E-state index contributed by atoms with van der Waals surface area (Å²) in [5, 5.41) is 15.1. The molecule has 34 heavy (non-hydrogen) atoms. The molecule has 0 bridgehead atoms. The molecule has 0 spiro atoms. The van der Waals surface area contributed by atoms with Crippen molar-refractivity contribution in [2.75, 3.05) is 51.2 Å². The average molecular weight is 544 g/mol. The number of hydrogen-bond donors (Lipinski definition) is 2. The number of aryl methyl sites for hydroxylation is 1. The first-order valence-electron chi connectivity index (χ1n) is 10.8. The molecule has 2 heterocycles. The van der Waals surface area contributed by atoms with Crippen molar-refractivity contribution >= 4 is 68.0 Å². The van der Waals surface area contributed by atoms with Crippen LogP contribution in [0.1, 0.15) is 5.01 Å². The Kier molecular flexibility index (Phi) is 8.52. The molecule has 182 valence electrons. The van der Waals surface area contributed by atoms with Crippen LogP contribution in [0.3, 0.4) is 0 Å². The lowest BCUT2D eigenvalue weighted by molar-refractivity contribution is -0.117. The van der Waals surface area contributed by atoms with Crippen LogP contribution in [-0.4, -0.2) is 77.8 Å². The van der Waals surface area contributed by atoms with Crippen LogP contribution in [-0.2, 0) is 4.79 Å². The van der Waals surface area contributed by atoms with Gasteiger partial charge in [0.2, 0.25) is 5.91 Å². The molecule has 3 aromatic rings. The molecule has 1 fully saturated rings. The van der Waals surface area contributed by atoms with Gasteiger partial charge in [0, 0.05) is 44.5 Å². The summed E-state index contributed by atoms with van der Waals surface area (Å²) in [7, 11) is 0. The zero-order valence-corrected chi connectivity index (χ0v) is 21.6. The first kappa shape index (κ1) is 25.4. The molecule has 1 unspecified atom stereocenters. The Morgan fingerprint density at radius 2 is 1.82 bits per heavy atom. The number of hydrogen-bond acceptors (Lipinski definition) is 7. The van der Waals surface area contributed by atoms with E-state index in [4.69, 9.17) is 39.5 Å². The third-order valence-electron chi connectivity index (χ3n) is 5.48. The fraction of sp³-hybridized carbons (Fsp3) is 0.391. The number of piperazine rings is 1. The van der Waals surface area contributed by atoms with E-state index in [-0.39, 0.29) is 24.1 Å². The van der Waals surface area contributed by atoms with Gasteiger partial charge >= 0.3 is 0 Å². The highest BCUT2D eigenvalue weighted by Crippen LogP contribution is 2.33. The summed E-state index contributed by atoms with van der Waals surface area (Å²) in [6.07, 6.45) is -0.609. The van der Waals surface area contributed by atoms with E-state index in [1.54, 1.807) is 23.5 Å². The molecule has 1 atom stereocenters. The van der Waals surface area contributed by atoms with Crippen molar-refractivity contribution in [3.05, 3.63) is 50.4 Å². The lowest BCUT2D eigenvalue weighted by Crippen LogP contribution is -2.50. The number of halogens is 3. The Bertz CT molecular complexity index is 1140. The number of aromatic nitrogens is 1. The molecule has 1 amide bonds. The van der Waals surface area contributed by atoms with Gasteiger partial charge in [-0.15, -0.1) is 11.3 Å². The average Bonchev–Trinajstić information content (AvgIpc) is 3.16. The fourth-order valence-electron chi connectivity index (χ4n) is 3.82. The van der Waals surface area contributed by atoms with Crippen molar-refractivity contribution < 1.29 is 14.6 Å². The van der Waals surface area contributed by atoms with Gasteiger partial charge in [0.05, 0.1) is 36.8 Å². The topological polar surface area (TPSA) is 77.9 Å². The van der Waals surface area contributed by atoms with E-state index in [1.807, 2.05) is 25.1 Å². The second-order valence-corrected chi connectivity index (χ2v) is 10.6. The van der Waals surface area contributed by atoms with Crippen LogP contribution in [0.5, 0.6) is 5.75 Å². The van der Waals surface area contributed by atoms with Crippen molar-refractivity contribution in [3.63, 3.8) is 0 Å². The van der Waals surface area contributed by atoms with Crippen LogP contribution >= 0.6 is 46.1 Å². The summed E-state index contributed by atoms with van der Waals surface area (Å²) >= 11 is 19.6. The minimum atomic E-state index is -0.609. The number of rotatable bonds is 8. The molecule has 2 aromatic carbocycles. The standard InChI is InChI=1S/C23H25Cl3N4O3S/c1-14-27-20-10-17(2-3-21(20)34-14)33-13-16(31)11-29-4-6-30(7-5-29)12-22(32)28-15-8-18(24)23(26)19(25)9-15/h2-3,8-10,16,31H,4-7,11-13H2,1H3,(H,28,32). The van der Waals surface area contributed by atoms with Gasteiger partial charge in [0.1, 0.15) is 18.5 Å². The molecule has 11 heteroatoms. The second kappa shape index (κ2) is 11.4. The molecule has 1 aromatic heterocycles. The van der Waals surface area contributed by atoms with E-state index < -0.39 is 6.10 Å². The SMILES string of the molecule is Cc1nc2cc(OCC(O)CN3CCN(CC(=O)Nc4cc(Cl)c(Cl)c(Cl)c4)CC3)ccc2s1. The molecular weight excluding hydrogens is 519 g/mol. The van der Waals surface area contributed by atoms with E-state index >= 15 is 0 Å². The summed E-state index contributed by atoms with van der Waals surface area (Å²) in [6.45, 7) is 5.93. The Morgan fingerprint density at radius 3 is 2.53 bits per heavy atom. The number of carbonyl (C=O) groups is 1. The zero-order chi connectivity index (χ0) is 24.2. The van der Waals surface area contributed by atoms with Gasteiger partial charge in [-0.2, -0.15) is 0 Å². The maximum Gasteiger partial charge on any atom is 0.238 e. The number of aliphatic hydroxyl groups is 1. The third kappa shape index (κ3) is 6.73. The maximum atomic E-state index is 12.4. The summed E-state index contributed by atoms with van der Waals surface area (Å²) in [5.41, 5.74) is 1.42. The number of aliphatic hydroxyl groups excluding tert-OH is 1. The highest BCUT2D eigenvalue weighted by Gasteiger charge is 2.21. The highest BCUT2D eigenvalue weighted by atomic mass is 35.5. The van der Waals surface area contributed by atoms with Gasteiger partial charge in [-0.1, -0.05) is 34.8 Å². The van der Waals surface area contributed by atoms with E-state index in [9.17, 15) is 9.90 Å². The summed E-state index contributed by atoms with van der Waals surface area (Å²) in [5.74, 6) is 0.555. The van der Waals surface area contributed by atoms with Crippen LogP contribution in [0.25, 0.3) is 10.2 Å². The van der Waals surface area contributed by atoms with E-state index in [0.717, 1.165) is 41.4 Å². The molecule has 1 aliphatic heterocycles. The minimum absolute atomic E-state index is 0.149. The van der Waals surface area contributed by atoms with E-state index in [2.05, 4.69) is 20.1 Å². The van der Waals surface area contributed by atoms with E-state index in [0.29, 0.717) is 28.0 Å². The van der Waals surface area contributed by atoms with Gasteiger partial charge in [-0.3, -0.25) is 14.6 Å². The number of ether oxygens (including phenoxy) is 1. The van der Waals surface area contributed by atoms with Crippen LogP contribution < -0.4 is 10.1 Å². The number of carbonyl (C=O) groups excluding carboxylic acids is 1. The van der Waals surface area contributed by atoms with Crippen molar-refractivity contribution in [2.45, 2.75) is 13.0 Å². The molecule has 1 saturated heterocycles. The Balaban J connectivity index is 1.18. The predicted molar refractivity (Wildman–Crippen MR) is 139 cm³/mol. The smallest absolute Gasteiger partial charge is 0.238 e. The van der Waals surface area contributed by atoms with Gasteiger partial charge < -0.3 is 15.2 Å². The van der Waals surface area contributed by atoms with Crippen molar-refractivity contribution in [1.82, 2.24) is 14.8 Å². The minimum Gasteiger partial charge on any atom is -0.491 e. The molecule has 0 aliphatic carbocycles. The van der Waals surface area contributed by atoms with Crippen LogP contribution in [0, 0.1) is 6.92 Å². The molecule has 0 saturated carbocycles. The predicted octanol–water partition coefficient (Wildman–Crippen LogP) is 4.56. The molecule has 2 N–H and O–H groups in total. The van der Waals surface area contributed by atoms with Crippen LogP contribution in [0.15, 0.2) is 30.3 Å². The summed E-state index contributed by atoms with van der Waals surface area (Å²) in [4.78, 5) is 21.1. The molecule has 0 radical (unpaired) electrons. The van der Waals surface area contributed by atoms with E-state index in [1.165, 1.54) is 0 Å². The molecule has 7 nitrogen and oxygen atoms in total. The Morgan fingerprint density at radius 1 is 1.15 bits per heavy atom. The number of thiazole rings is 1. The van der Waals surface area contributed by atoms with Gasteiger partial charge in [-0.05, 0) is 31.2 Å². The van der Waals surface area contributed by atoms with Crippen molar-refractivity contribution in [1.29, 1.82) is 0 Å². The largest absolute Gasteiger partial charge is 0.491 e. The lowest BCUT2D eigenvalue weighted by atomic mass is 10.2. The molecule has 1 aliphatic rings. The molecule has 4 rings (SSSR count). The second-order valence-electron chi connectivity index (χ2n) is 8.21. The number of nitrogens with zero attached hydrogens (tertiary/aromatic N) is 3. The van der Waals surface area contributed by atoms with Crippen molar-refractivity contribution in [2.24, 2.45) is 0 Å². The summed E-state index contributed by atoms with van der Waals surface area (Å²) < 4.78 is 6.90. The number of nitrogens with one attached hydrogen (secondary N) is 1. The lowest BCUT2D eigenvalue weighted by Gasteiger charge is -2.35. The monoisotopic (exact) mass is 542 g/mol.